The van der Waals surface area contributed by atoms with Crippen molar-refractivity contribution in [2.45, 2.75) is 57.5 Å². The van der Waals surface area contributed by atoms with Crippen molar-refractivity contribution in [3.63, 3.8) is 0 Å². The van der Waals surface area contributed by atoms with Gasteiger partial charge >= 0.3 is 6.18 Å². The SMILES string of the molecule is CCCOc1ccc(Nc2ncc(C(F)(F)F)c(Nc3ccc(C4CCCCC4)cc3)n2)cc1. The van der Waals surface area contributed by atoms with Crippen LogP contribution in [0, 0.1) is 0 Å². The first-order valence-corrected chi connectivity index (χ1v) is 11.7. The number of nitrogens with zero attached hydrogens (tertiary/aromatic N) is 2. The zero-order valence-corrected chi connectivity index (χ0v) is 19.2. The Balaban J connectivity index is 1.51. The largest absolute Gasteiger partial charge is 0.494 e. The van der Waals surface area contributed by atoms with Gasteiger partial charge < -0.3 is 15.4 Å². The van der Waals surface area contributed by atoms with E-state index in [4.69, 9.17) is 4.74 Å². The number of nitrogens with one attached hydrogen (secondary N) is 2. The van der Waals surface area contributed by atoms with Crippen LogP contribution in [0.3, 0.4) is 0 Å². The maximum Gasteiger partial charge on any atom is 0.421 e. The average Bonchev–Trinajstić information content (AvgIpc) is 2.84. The molecule has 1 aliphatic rings. The summed E-state index contributed by atoms with van der Waals surface area (Å²) in [4.78, 5) is 8.01. The Hall–Kier alpha value is -3.29. The van der Waals surface area contributed by atoms with Gasteiger partial charge in [-0.05, 0) is 67.1 Å². The first-order valence-electron chi connectivity index (χ1n) is 11.7. The van der Waals surface area contributed by atoms with Crippen LogP contribution in [-0.4, -0.2) is 16.6 Å². The van der Waals surface area contributed by atoms with Gasteiger partial charge in [-0.2, -0.15) is 18.2 Å². The second-order valence-corrected chi connectivity index (χ2v) is 8.53. The van der Waals surface area contributed by atoms with E-state index in [1.807, 2.05) is 31.2 Å². The summed E-state index contributed by atoms with van der Waals surface area (Å²) < 4.78 is 46.4. The Morgan fingerprint density at radius 3 is 2.21 bits per heavy atom. The summed E-state index contributed by atoms with van der Waals surface area (Å²) in [5.41, 5.74) is 1.51. The normalized spacial score (nSPS) is 14.6. The molecule has 0 spiro atoms. The molecule has 1 aliphatic carbocycles. The lowest BCUT2D eigenvalue weighted by molar-refractivity contribution is -0.137. The van der Waals surface area contributed by atoms with E-state index in [0.717, 1.165) is 31.2 Å². The average molecular weight is 471 g/mol. The summed E-state index contributed by atoms with van der Waals surface area (Å²) in [5, 5.41) is 5.80. The first kappa shape index (κ1) is 23.9. The number of ether oxygens (including phenoxy) is 1. The van der Waals surface area contributed by atoms with Crippen molar-refractivity contribution >= 4 is 23.1 Å². The van der Waals surface area contributed by atoms with E-state index in [-0.39, 0.29) is 11.8 Å². The monoisotopic (exact) mass is 470 g/mol. The summed E-state index contributed by atoms with van der Waals surface area (Å²) >= 11 is 0. The van der Waals surface area contributed by atoms with Gasteiger partial charge in [0.2, 0.25) is 5.95 Å². The van der Waals surface area contributed by atoms with Crippen molar-refractivity contribution in [1.29, 1.82) is 0 Å². The van der Waals surface area contributed by atoms with Crippen LogP contribution in [0.1, 0.15) is 62.5 Å². The van der Waals surface area contributed by atoms with Crippen molar-refractivity contribution < 1.29 is 17.9 Å². The summed E-state index contributed by atoms with van der Waals surface area (Å²) in [6.45, 7) is 2.64. The van der Waals surface area contributed by atoms with Crippen molar-refractivity contribution in [2.24, 2.45) is 0 Å². The fourth-order valence-electron chi connectivity index (χ4n) is 4.14. The summed E-state index contributed by atoms with van der Waals surface area (Å²) in [6.07, 6.45) is 3.18. The van der Waals surface area contributed by atoms with E-state index in [1.165, 1.54) is 24.8 Å². The molecule has 1 saturated carbocycles. The van der Waals surface area contributed by atoms with Gasteiger partial charge in [-0.3, -0.25) is 0 Å². The highest BCUT2D eigenvalue weighted by molar-refractivity contribution is 5.63. The number of rotatable bonds is 8. The number of halogens is 3. The molecule has 8 heteroatoms. The van der Waals surface area contributed by atoms with Gasteiger partial charge in [0.05, 0.1) is 6.61 Å². The van der Waals surface area contributed by atoms with Gasteiger partial charge in [-0.1, -0.05) is 38.3 Å². The van der Waals surface area contributed by atoms with E-state index in [2.05, 4.69) is 20.6 Å². The molecule has 0 aliphatic heterocycles. The predicted octanol–water partition coefficient (Wildman–Crippen LogP) is 7.82. The molecule has 180 valence electrons. The lowest BCUT2D eigenvalue weighted by atomic mass is 9.84. The first-order chi connectivity index (χ1) is 16.4. The molecule has 0 atom stereocenters. The molecule has 34 heavy (non-hydrogen) atoms. The third-order valence-electron chi connectivity index (χ3n) is 5.93. The minimum Gasteiger partial charge on any atom is -0.494 e. The van der Waals surface area contributed by atoms with E-state index in [9.17, 15) is 13.2 Å². The molecule has 5 nitrogen and oxygen atoms in total. The number of hydrogen-bond acceptors (Lipinski definition) is 5. The molecule has 0 radical (unpaired) electrons. The van der Waals surface area contributed by atoms with E-state index in [1.54, 1.807) is 24.3 Å². The fraction of sp³-hybridized carbons (Fsp3) is 0.385. The van der Waals surface area contributed by atoms with Crippen LogP contribution >= 0.6 is 0 Å². The highest BCUT2D eigenvalue weighted by atomic mass is 19.4. The lowest BCUT2D eigenvalue weighted by Crippen LogP contribution is -2.12. The van der Waals surface area contributed by atoms with Crippen LogP contribution in [0.4, 0.5) is 36.3 Å². The van der Waals surface area contributed by atoms with Crippen molar-refractivity contribution in [3.05, 3.63) is 65.9 Å². The molecule has 2 aromatic carbocycles. The minimum atomic E-state index is -4.58. The van der Waals surface area contributed by atoms with Crippen LogP contribution in [0.2, 0.25) is 0 Å². The van der Waals surface area contributed by atoms with E-state index in [0.29, 0.717) is 23.9 Å². The number of benzene rings is 2. The second-order valence-electron chi connectivity index (χ2n) is 8.53. The van der Waals surface area contributed by atoms with Crippen LogP contribution in [0.25, 0.3) is 0 Å². The predicted molar refractivity (Wildman–Crippen MR) is 128 cm³/mol. The molecule has 4 rings (SSSR count). The standard InChI is InChI=1S/C26H29F3N4O/c1-2-16-34-22-14-12-21(13-15-22)32-25-30-17-23(26(27,28)29)24(33-25)31-20-10-8-19(9-11-20)18-6-4-3-5-7-18/h8-15,17-18H,2-7,16H2,1H3,(H2,30,31,32,33). The number of aromatic nitrogens is 2. The molecular formula is C26H29F3N4O. The Morgan fingerprint density at radius 1 is 0.912 bits per heavy atom. The molecule has 1 heterocycles. The summed E-state index contributed by atoms with van der Waals surface area (Å²) in [7, 11) is 0. The van der Waals surface area contributed by atoms with Crippen molar-refractivity contribution in [2.75, 3.05) is 17.2 Å². The molecule has 0 bridgehead atoms. The van der Waals surface area contributed by atoms with E-state index < -0.39 is 11.7 Å². The molecule has 0 saturated heterocycles. The molecule has 2 N–H and O–H groups in total. The zero-order chi connectivity index (χ0) is 24.0. The van der Waals surface area contributed by atoms with Gasteiger partial charge in [0.25, 0.3) is 0 Å². The Labute approximate surface area is 197 Å². The third kappa shape index (κ3) is 6.18. The van der Waals surface area contributed by atoms with Gasteiger partial charge in [0.15, 0.2) is 0 Å². The molecule has 0 amide bonds. The Bertz CT molecular complexity index is 1060. The van der Waals surface area contributed by atoms with Crippen LogP contribution in [0.5, 0.6) is 5.75 Å². The number of alkyl halides is 3. The molecule has 1 aromatic heterocycles. The molecule has 0 unspecified atom stereocenters. The van der Waals surface area contributed by atoms with Crippen LogP contribution in [0.15, 0.2) is 54.7 Å². The fourth-order valence-corrected chi connectivity index (χ4v) is 4.14. The minimum absolute atomic E-state index is 0.0663. The third-order valence-corrected chi connectivity index (χ3v) is 5.93. The Kier molecular flexibility index (Phi) is 7.55. The van der Waals surface area contributed by atoms with E-state index >= 15 is 0 Å². The molecular weight excluding hydrogens is 441 g/mol. The van der Waals surface area contributed by atoms with Crippen LogP contribution in [-0.2, 0) is 6.18 Å². The second kappa shape index (κ2) is 10.8. The quantitative estimate of drug-likeness (QED) is 0.351. The highest BCUT2D eigenvalue weighted by Crippen LogP contribution is 2.36. The maximum absolute atomic E-state index is 13.6. The van der Waals surface area contributed by atoms with Crippen molar-refractivity contribution in [3.8, 4) is 5.75 Å². The van der Waals surface area contributed by atoms with Crippen molar-refractivity contribution in [1.82, 2.24) is 9.97 Å². The lowest BCUT2D eigenvalue weighted by Gasteiger charge is -2.22. The molecule has 1 fully saturated rings. The maximum atomic E-state index is 13.6. The summed E-state index contributed by atoms with van der Waals surface area (Å²) in [5.74, 6) is 1.02. The summed E-state index contributed by atoms with van der Waals surface area (Å²) in [6, 6.07) is 14.7. The zero-order valence-electron chi connectivity index (χ0n) is 19.2. The highest BCUT2D eigenvalue weighted by Gasteiger charge is 2.35. The topological polar surface area (TPSA) is 59.1 Å². The number of hydrogen-bond donors (Lipinski definition) is 2. The van der Waals surface area contributed by atoms with Gasteiger partial charge in [-0.25, -0.2) is 4.98 Å². The van der Waals surface area contributed by atoms with Gasteiger partial charge in [0.1, 0.15) is 17.1 Å². The van der Waals surface area contributed by atoms with Gasteiger partial charge in [0, 0.05) is 17.6 Å². The smallest absolute Gasteiger partial charge is 0.421 e. The number of anilines is 4. The Morgan fingerprint density at radius 2 is 1.56 bits per heavy atom. The molecule has 3 aromatic rings. The van der Waals surface area contributed by atoms with Gasteiger partial charge in [-0.15, -0.1) is 0 Å². The van der Waals surface area contributed by atoms with Crippen LogP contribution < -0.4 is 15.4 Å².